The van der Waals surface area contributed by atoms with Gasteiger partial charge in [-0.15, -0.1) is 0 Å². The van der Waals surface area contributed by atoms with E-state index in [2.05, 4.69) is 17.4 Å². The molecule has 0 saturated heterocycles. The van der Waals surface area contributed by atoms with Crippen LogP contribution < -0.4 is 14.8 Å². The van der Waals surface area contributed by atoms with E-state index in [1.54, 1.807) is 6.92 Å². The molecule has 0 aromatic heterocycles. The van der Waals surface area contributed by atoms with Gasteiger partial charge in [-0.05, 0) is 82.3 Å². The van der Waals surface area contributed by atoms with Crippen molar-refractivity contribution in [3.8, 4) is 11.5 Å². The molecule has 27 heavy (non-hydrogen) atoms. The molecule has 0 spiro atoms. The average molecular weight is 370 g/mol. The number of ether oxygens (including phenoxy) is 2. The van der Waals surface area contributed by atoms with Crippen molar-refractivity contribution in [3.63, 3.8) is 0 Å². The fourth-order valence-electron chi connectivity index (χ4n) is 2.73. The van der Waals surface area contributed by atoms with Gasteiger partial charge < -0.3 is 14.8 Å². The second-order valence-corrected chi connectivity index (χ2v) is 7.23. The minimum absolute atomic E-state index is 0.0865. The van der Waals surface area contributed by atoms with Crippen molar-refractivity contribution in [1.29, 1.82) is 0 Å². The zero-order chi connectivity index (χ0) is 19.8. The number of carbonyl (C=O) groups excluding carboxylic acids is 1. The van der Waals surface area contributed by atoms with Crippen molar-refractivity contribution in [2.24, 2.45) is 0 Å². The zero-order valence-electron chi connectivity index (χ0n) is 17.0. The Morgan fingerprint density at radius 3 is 2.37 bits per heavy atom. The fourth-order valence-corrected chi connectivity index (χ4v) is 2.73. The molecule has 1 amide bonds. The number of rotatable bonds is 9. The predicted octanol–water partition coefficient (Wildman–Crippen LogP) is 4.61. The maximum Gasteiger partial charge on any atom is 0.260 e. The van der Waals surface area contributed by atoms with E-state index < -0.39 is 6.10 Å². The molecule has 1 N–H and O–H groups in total. The Kier molecular flexibility index (Phi) is 7.71. The van der Waals surface area contributed by atoms with E-state index in [0.717, 1.165) is 35.5 Å². The topological polar surface area (TPSA) is 47.6 Å². The molecule has 0 heterocycles. The van der Waals surface area contributed by atoms with Crippen LogP contribution in [0.2, 0.25) is 0 Å². The number of aryl methyl sites for hydroxylation is 3. The van der Waals surface area contributed by atoms with Crippen molar-refractivity contribution in [2.45, 2.75) is 59.7 Å². The molecular weight excluding hydrogens is 338 g/mol. The van der Waals surface area contributed by atoms with E-state index in [4.69, 9.17) is 9.47 Å². The van der Waals surface area contributed by atoms with Crippen LogP contribution in [-0.4, -0.2) is 24.7 Å². The molecule has 0 bridgehead atoms. The highest BCUT2D eigenvalue weighted by atomic mass is 16.5. The van der Waals surface area contributed by atoms with Gasteiger partial charge >= 0.3 is 0 Å². The van der Waals surface area contributed by atoms with Crippen LogP contribution in [0.15, 0.2) is 42.5 Å². The van der Waals surface area contributed by atoms with Gasteiger partial charge in [0, 0.05) is 6.54 Å². The van der Waals surface area contributed by atoms with Crippen LogP contribution in [0.25, 0.3) is 0 Å². The standard InChI is InChI=1S/C23H31NO3/c1-16(2)26-21-12-10-20(11-13-21)7-6-14-24-23(25)19(5)27-22-15-17(3)8-9-18(22)4/h8-13,15-16,19H,6-7,14H2,1-5H3,(H,24,25). The third-order valence-electron chi connectivity index (χ3n) is 4.25. The molecule has 0 fully saturated rings. The molecule has 0 saturated carbocycles. The lowest BCUT2D eigenvalue weighted by atomic mass is 10.1. The highest BCUT2D eigenvalue weighted by Gasteiger charge is 2.15. The molecule has 2 aromatic rings. The normalized spacial score (nSPS) is 11.9. The first-order valence-corrected chi connectivity index (χ1v) is 9.62. The Balaban J connectivity index is 1.73. The van der Waals surface area contributed by atoms with Crippen LogP contribution in [0, 0.1) is 13.8 Å². The van der Waals surface area contributed by atoms with Gasteiger partial charge in [-0.3, -0.25) is 4.79 Å². The Bertz CT molecular complexity index is 738. The van der Waals surface area contributed by atoms with Crippen molar-refractivity contribution < 1.29 is 14.3 Å². The maximum atomic E-state index is 12.2. The molecule has 4 heteroatoms. The Morgan fingerprint density at radius 1 is 1.00 bits per heavy atom. The molecule has 0 aliphatic rings. The minimum atomic E-state index is -0.516. The summed E-state index contributed by atoms with van der Waals surface area (Å²) in [6, 6.07) is 14.1. The van der Waals surface area contributed by atoms with E-state index in [1.165, 1.54) is 5.56 Å². The second-order valence-electron chi connectivity index (χ2n) is 7.23. The molecule has 2 aromatic carbocycles. The van der Waals surface area contributed by atoms with Crippen LogP contribution in [0.4, 0.5) is 0 Å². The van der Waals surface area contributed by atoms with Crippen molar-refractivity contribution >= 4 is 5.91 Å². The summed E-state index contributed by atoms with van der Waals surface area (Å²) in [6.45, 7) is 10.4. The summed E-state index contributed by atoms with van der Waals surface area (Å²) in [4.78, 5) is 12.2. The first-order valence-electron chi connectivity index (χ1n) is 9.62. The van der Waals surface area contributed by atoms with Gasteiger partial charge in [0.1, 0.15) is 11.5 Å². The monoisotopic (exact) mass is 369 g/mol. The lowest BCUT2D eigenvalue weighted by Crippen LogP contribution is -2.37. The van der Waals surface area contributed by atoms with Crippen LogP contribution in [0.3, 0.4) is 0 Å². The van der Waals surface area contributed by atoms with Gasteiger partial charge in [0.2, 0.25) is 0 Å². The van der Waals surface area contributed by atoms with E-state index >= 15 is 0 Å². The summed E-state index contributed by atoms with van der Waals surface area (Å²) in [5, 5.41) is 2.96. The van der Waals surface area contributed by atoms with E-state index in [9.17, 15) is 4.79 Å². The number of hydrogen-bond donors (Lipinski definition) is 1. The molecule has 0 radical (unpaired) electrons. The van der Waals surface area contributed by atoms with Crippen LogP contribution >= 0.6 is 0 Å². The van der Waals surface area contributed by atoms with Gasteiger partial charge in [0.25, 0.3) is 5.91 Å². The largest absolute Gasteiger partial charge is 0.491 e. The lowest BCUT2D eigenvalue weighted by Gasteiger charge is -2.16. The Labute approximate surface area is 162 Å². The average Bonchev–Trinajstić information content (AvgIpc) is 2.62. The van der Waals surface area contributed by atoms with E-state index in [1.807, 2.05) is 58.0 Å². The minimum Gasteiger partial charge on any atom is -0.491 e. The molecule has 2 rings (SSSR count). The third-order valence-corrected chi connectivity index (χ3v) is 4.25. The summed E-state index contributed by atoms with van der Waals surface area (Å²) in [6.07, 6.45) is 1.46. The van der Waals surface area contributed by atoms with Crippen molar-refractivity contribution in [3.05, 3.63) is 59.2 Å². The predicted molar refractivity (Wildman–Crippen MR) is 110 cm³/mol. The first kappa shape index (κ1) is 20.8. The molecule has 0 aliphatic carbocycles. The summed E-state index contributed by atoms with van der Waals surface area (Å²) >= 11 is 0. The molecule has 146 valence electrons. The van der Waals surface area contributed by atoms with E-state index in [0.29, 0.717) is 6.54 Å². The molecule has 1 unspecified atom stereocenters. The second kappa shape index (κ2) is 10.0. The van der Waals surface area contributed by atoms with Gasteiger partial charge in [-0.1, -0.05) is 24.3 Å². The summed E-state index contributed by atoms with van der Waals surface area (Å²) in [7, 11) is 0. The molecule has 4 nitrogen and oxygen atoms in total. The number of nitrogens with one attached hydrogen (secondary N) is 1. The van der Waals surface area contributed by atoms with Gasteiger partial charge in [-0.2, -0.15) is 0 Å². The number of amides is 1. The smallest absolute Gasteiger partial charge is 0.260 e. The lowest BCUT2D eigenvalue weighted by molar-refractivity contribution is -0.127. The number of carbonyl (C=O) groups is 1. The maximum absolute atomic E-state index is 12.2. The quantitative estimate of drug-likeness (QED) is 0.657. The van der Waals surface area contributed by atoms with Gasteiger partial charge in [-0.25, -0.2) is 0 Å². The van der Waals surface area contributed by atoms with Crippen LogP contribution in [0.1, 0.15) is 43.9 Å². The fraction of sp³-hybridized carbons (Fsp3) is 0.435. The van der Waals surface area contributed by atoms with Crippen molar-refractivity contribution in [2.75, 3.05) is 6.54 Å². The molecule has 1 atom stereocenters. The summed E-state index contributed by atoms with van der Waals surface area (Å²) in [5.41, 5.74) is 3.39. The summed E-state index contributed by atoms with van der Waals surface area (Å²) in [5.74, 6) is 1.57. The molecule has 0 aliphatic heterocycles. The van der Waals surface area contributed by atoms with Crippen molar-refractivity contribution in [1.82, 2.24) is 5.32 Å². The highest BCUT2D eigenvalue weighted by Crippen LogP contribution is 2.20. The number of benzene rings is 2. The zero-order valence-corrected chi connectivity index (χ0v) is 17.0. The molecular formula is C23H31NO3. The Hall–Kier alpha value is -2.49. The number of hydrogen-bond acceptors (Lipinski definition) is 3. The Morgan fingerprint density at radius 2 is 1.70 bits per heavy atom. The summed E-state index contributed by atoms with van der Waals surface area (Å²) < 4.78 is 11.5. The van der Waals surface area contributed by atoms with Crippen LogP contribution in [-0.2, 0) is 11.2 Å². The van der Waals surface area contributed by atoms with Crippen LogP contribution in [0.5, 0.6) is 11.5 Å². The van der Waals surface area contributed by atoms with Gasteiger partial charge in [0.05, 0.1) is 6.10 Å². The highest BCUT2D eigenvalue weighted by molar-refractivity contribution is 5.80. The van der Waals surface area contributed by atoms with E-state index in [-0.39, 0.29) is 12.0 Å². The first-order chi connectivity index (χ1) is 12.8. The van der Waals surface area contributed by atoms with Gasteiger partial charge in [0.15, 0.2) is 6.10 Å². The SMILES string of the molecule is Cc1ccc(C)c(OC(C)C(=O)NCCCc2ccc(OC(C)C)cc2)c1. The third kappa shape index (κ3) is 6.97.